The number of para-hydroxylation sites is 1. The lowest BCUT2D eigenvalue weighted by atomic mass is 10.1. The lowest BCUT2D eigenvalue weighted by molar-refractivity contribution is 0.102. The number of nitrogens with zero attached hydrogens (tertiary/aromatic N) is 2. The topological polar surface area (TPSA) is 46.4 Å². The number of aryl methyl sites for hydroxylation is 1. The Labute approximate surface area is 117 Å². The Morgan fingerprint density at radius 2 is 2.15 bits per heavy atom. The van der Waals surface area contributed by atoms with Crippen LogP contribution in [-0.4, -0.2) is 15.3 Å². The van der Waals surface area contributed by atoms with Crippen LogP contribution in [0.15, 0.2) is 55.1 Å². The molecule has 4 heteroatoms. The molecule has 0 unspecified atom stereocenters. The smallest absolute Gasteiger partial charge is 0.255 e. The highest BCUT2D eigenvalue weighted by Crippen LogP contribution is 2.17. The molecule has 1 aromatic carbocycles. The fourth-order valence-corrected chi connectivity index (χ4v) is 2.21. The minimum absolute atomic E-state index is 0.102. The Hall–Kier alpha value is -2.62. The summed E-state index contributed by atoms with van der Waals surface area (Å²) in [5, 5.41) is 2.97. The van der Waals surface area contributed by atoms with E-state index in [1.165, 1.54) is 0 Å². The van der Waals surface area contributed by atoms with E-state index < -0.39 is 0 Å². The largest absolute Gasteiger partial charge is 0.322 e. The second-order valence-electron chi connectivity index (χ2n) is 4.61. The quantitative estimate of drug-likeness (QED) is 0.790. The van der Waals surface area contributed by atoms with E-state index in [-0.39, 0.29) is 5.91 Å². The standard InChI is InChI=1S/C16H15N3O/c1-2-12-5-3-4-6-15(12)18-16(20)13-7-8-19-11-17-10-14(19)9-13/h3-11H,2H2,1H3,(H,18,20). The van der Waals surface area contributed by atoms with Gasteiger partial charge in [0.1, 0.15) is 0 Å². The zero-order valence-electron chi connectivity index (χ0n) is 11.2. The van der Waals surface area contributed by atoms with Gasteiger partial charge < -0.3 is 9.72 Å². The average Bonchev–Trinajstić information content (AvgIpc) is 2.95. The van der Waals surface area contributed by atoms with E-state index in [9.17, 15) is 4.79 Å². The Morgan fingerprint density at radius 3 is 3.00 bits per heavy atom. The molecule has 0 aliphatic rings. The Kier molecular flexibility index (Phi) is 3.21. The van der Waals surface area contributed by atoms with E-state index in [1.807, 2.05) is 40.9 Å². The molecule has 4 nitrogen and oxygen atoms in total. The van der Waals surface area contributed by atoms with Gasteiger partial charge in [0.25, 0.3) is 5.91 Å². The van der Waals surface area contributed by atoms with Crippen LogP contribution in [0.5, 0.6) is 0 Å². The number of hydrogen-bond acceptors (Lipinski definition) is 2. The summed E-state index contributed by atoms with van der Waals surface area (Å²) in [6.07, 6.45) is 6.17. The number of pyridine rings is 1. The molecule has 0 aliphatic heterocycles. The minimum atomic E-state index is -0.102. The van der Waals surface area contributed by atoms with E-state index in [1.54, 1.807) is 18.6 Å². The first kappa shape index (κ1) is 12.4. The molecule has 1 N–H and O–H groups in total. The van der Waals surface area contributed by atoms with Gasteiger partial charge in [-0.15, -0.1) is 0 Å². The maximum absolute atomic E-state index is 12.3. The van der Waals surface area contributed by atoms with Crippen molar-refractivity contribution >= 4 is 17.1 Å². The average molecular weight is 265 g/mol. The van der Waals surface area contributed by atoms with Gasteiger partial charge in [-0.3, -0.25) is 4.79 Å². The predicted molar refractivity (Wildman–Crippen MR) is 79.0 cm³/mol. The third-order valence-electron chi connectivity index (χ3n) is 3.32. The molecule has 0 bridgehead atoms. The van der Waals surface area contributed by atoms with Gasteiger partial charge in [0.15, 0.2) is 0 Å². The maximum Gasteiger partial charge on any atom is 0.255 e. The number of rotatable bonds is 3. The summed E-state index contributed by atoms with van der Waals surface area (Å²) in [5.41, 5.74) is 3.53. The molecule has 0 saturated heterocycles. The van der Waals surface area contributed by atoms with Gasteiger partial charge >= 0.3 is 0 Å². The molecular weight excluding hydrogens is 250 g/mol. The van der Waals surface area contributed by atoms with E-state index in [4.69, 9.17) is 0 Å². The van der Waals surface area contributed by atoms with Crippen molar-refractivity contribution in [3.05, 3.63) is 66.2 Å². The van der Waals surface area contributed by atoms with Crippen molar-refractivity contribution in [3.8, 4) is 0 Å². The number of nitrogens with one attached hydrogen (secondary N) is 1. The SMILES string of the molecule is CCc1ccccc1NC(=O)c1ccn2cncc2c1. The van der Waals surface area contributed by atoms with Crippen LogP contribution in [0.3, 0.4) is 0 Å². The predicted octanol–water partition coefficient (Wildman–Crippen LogP) is 3.15. The molecule has 0 radical (unpaired) electrons. The van der Waals surface area contributed by atoms with Crippen molar-refractivity contribution in [1.29, 1.82) is 0 Å². The zero-order valence-corrected chi connectivity index (χ0v) is 11.2. The Balaban J connectivity index is 1.88. The van der Waals surface area contributed by atoms with Gasteiger partial charge in [-0.2, -0.15) is 0 Å². The van der Waals surface area contributed by atoms with Crippen molar-refractivity contribution in [3.63, 3.8) is 0 Å². The van der Waals surface area contributed by atoms with E-state index in [0.29, 0.717) is 5.56 Å². The van der Waals surface area contributed by atoms with Crippen molar-refractivity contribution in [1.82, 2.24) is 9.38 Å². The van der Waals surface area contributed by atoms with Gasteiger partial charge in [0.05, 0.1) is 18.0 Å². The monoisotopic (exact) mass is 265 g/mol. The van der Waals surface area contributed by atoms with Crippen molar-refractivity contribution < 1.29 is 4.79 Å². The second-order valence-corrected chi connectivity index (χ2v) is 4.61. The van der Waals surface area contributed by atoms with Crippen molar-refractivity contribution in [2.75, 3.05) is 5.32 Å². The number of carbonyl (C=O) groups excluding carboxylic acids is 1. The molecule has 1 amide bonds. The number of fused-ring (bicyclic) bond motifs is 1. The molecule has 20 heavy (non-hydrogen) atoms. The Bertz CT molecular complexity index is 761. The summed E-state index contributed by atoms with van der Waals surface area (Å²) in [6.45, 7) is 2.07. The molecule has 3 aromatic rings. The first-order chi connectivity index (χ1) is 9.78. The number of imidazole rings is 1. The minimum Gasteiger partial charge on any atom is -0.322 e. The normalized spacial score (nSPS) is 10.7. The highest BCUT2D eigenvalue weighted by atomic mass is 16.1. The summed E-state index contributed by atoms with van der Waals surface area (Å²) < 4.78 is 1.87. The van der Waals surface area contributed by atoms with Crippen LogP contribution < -0.4 is 5.32 Å². The number of benzene rings is 1. The molecule has 0 atom stereocenters. The highest BCUT2D eigenvalue weighted by molar-refractivity contribution is 6.05. The molecule has 2 heterocycles. The number of amides is 1. The second kappa shape index (κ2) is 5.17. The van der Waals surface area contributed by atoms with E-state index in [2.05, 4.69) is 17.2 Å². The van der Waals surface area contributed by atoms with Crippen LogP contribution in [0.25, 0.3) is 5.52 Å². The van der Waals surface area contributed by atoms with Crippen LogP contribution in [-0.2, 0) is 6.42 Å². The van der Waals surface area contributed by atoms with Crippen LogP contribution in [0.2, 0.25) is 0 Å². The molecule has 3 rings (SSSR count). The molecule has 100 valence electrons. The first-order valence-electron chi connectivity index (χ1n) is 6.59. The zero-order chi connectivity index (χ0) is 13.9. The third-order valence-corrected chi connectivity index (χ3v) is 3.32. The van der Waals surface area contributed by atoms with E-state index in [0.717, 1.165) is 23.2 Å². The Morgan fingerprint density at radius 1 is 1.30 bits per heavy atom. The van der Waals surface area contributed by atoms with Crippen LogP contribution in [0.4, 0.5) is 5.69 Å². The number of hydrogen-bond donors (Lipinski definition) is 1. The van der Waals surface area contributed by atoms with Crippen LogP contribution in [0.1, 0.15) is 22.8 Å². The van der Waals surface area contributed by atoms with Crippen molar-refractivity contribution in [2.45, 2.75) is 13.3 Å². The molecule has 2 aromatic heterocycles. The summed E-state index contributed by atoms with van der Waals surface area (Å²) in [6, 6.07) is 11.5. The van der Waals surface area contributed by atoms with Crippen LogP contribution in [0, 0.1) is 0 Å². The maximum atomic E-state index is 12.3. The lowest BCUT2D eigenvalue weighted by Crippen LogP contribution is -2.13. The van der Waals surface area contributed by atoms with Gasteiger partial charge in [-0.05, 0) is 30.2 Å². The lowest BCUT2D eigenvalue weighted by Gasteiger charge is -2.09. The molecule has 0 fully saturated rings. The summed E-state index contributed by atoms with van der Waals surface area (Å²) in [5.74, 6) is -0.102. The van der Waals surface area contributed by atoms with Crippen molar-refractivity contribution in [2.24, 2.45) is 0 Å². The molecule has 0 aliphatic carbocycles. The van der Waals surface area contributed by atoms with Crippen LogP contribution >= 0.6 is 0 Å². The number of aromatic nitrogens is 2. The van der Waals surface area contributed by atoms with Gasteiger partial charge in [0, 0.05) is 17.4 Å². The molecule has 0 saturated carbocycles. The molecule has 0 spiro atoms. The third kappa shape index (κ3) is 2.28. The number of anilines is 1. The summed E-state index contributed by atoms with van der Waals surface area (Å²) in [7, 11) is 0. The molecular formula is C16H15N3O. The summed E-state index contributed by atoms with van der Waals surface area (Å²) in [4.78, 5) is 16.4. The fourth-order valence-electron chi connectivity index (χ4n) is 2.21. The summed E-state index contributed by atoms with van der Waals surface area (Å²) >= 11 is 0. The van der Waals surface area contributed by atoms with Gasteiger partial charge in [-0.1, -0.05) is 25.1 Å². The van der Waals surface area contributed by atoms with Gasteiger partial charge in [0.2, 0.25) is 0 Å². The van der Waals surface area contributed by atoms with E-state index >= 15 is 0 Å². The first-order valence-corrected chi connectivity index (χ1v) is 6.59. The fraction of sp³-hybridized carbons (Fsp3) is 0.125. The highest BCUT2D eigenvalue weighted by Gasteiger charge is 2.09. The number of carbonyl (C=O) groups is 1. The van der Waals surface area contributed by atoms with Gasteiger partial charge in [-0.25, -0.2) is 4.98 Å².